The minimum Gasteiger partial charge on any atom is -0.392 e. The number of amidine groups is 1. The third kappa shape index (κ3) is 4.02. The highest BCUT2D eigenvalue weighted by Gasteiger charge is 2.15. The van der Waals surface area contributed by atoms with Gasteiger partial charge in [-0.2, -0.15) is 0 Å². The third-order valence-corrected chi connectivity index (χ3v) is 2.02. The van der Waals surface area contributed by atoms with Crippen LogP contribution in [0.4, 0.5) is 0 Å². The van der Waals surface area contributed by atoms with Crippen molar-refractivity contribution in [1.29, 1.82) is 0 Å². The van der Waals surface area contributed by atoms with E-state index >= 15 is 0 Å². The smallest absolute Gasteiger partial charge is 0.249 e. The molecule has 5 nitrogen and oxygen atoms in total. The van der Waals surface area contributed by atoms with Gasteiger partial charge in [-0.25, -0.2) is 0 Å². The summed E-state index contributed by atoms with van der Waals surface area (Å²) in [5.74, 6) is 0.586. The number of aliphatic imine (C=N–C) groups is 1. The van der Waals surface area contributed by atoms with Gasteiger partial charge in [0, 0.05) is 18.2 Å². The van der Waals surface area contributed by atoms with Gasteiger partial charge in [-0.15, -0.1) is 0 Å². The third-order valence-electron chi connectivity index (χ3n) is 2.02. The fourth-order valence-corrected chi connectivity index (χ4v) is 1.30. The summed E-state index contributed by atoms with van der Waals surface area (Å²) in [5, 5.41) is 14.8. The molecule has 5 heteroatoms. The van der Waals surface area contributed by atoms with Crippen molar-refractivity contribution in [2.24, 2.45) is 4.99 Å². The van der Waals surface area contributed by atoms with Gasteiger partial charge in [0.15, 0.2) is 0 Å². The predicted octanol–water partition coefficient (Wildman–Crippen LogP) is -0.180. The van der Waals surface area contributed by atoms with Gasteiger partial charge in [-0.1, -0.05) is 0 Å². The number of hydrogen-bond donors (Lipinski definition) is 3. The Hall–Kier alpha value is -1.36. The predicted molar refractivity (Wildman–Crippen MR) is 63.3 cm³/mol. The van der Waals surface area contributed by atoms with Gasteiger partial charge in [0.2, 0.25) is 5.91 Å². The van der Waals surface area contributed by atoms with Crippen LogP contribution in [0.3, 0.4) is 0 Å². The maximum atomic E-state index is 11.6. The van der Waals surface area contributed by atoms with Crippen LogP contribution < -0.4 is 10.6 Å². The van der Waals surface area contributed by atoms with Crippen LogP contribution in [0.2, 0.25) is 0 Å². The van der Waals surface area contributed by atoms with E-state index in [2.05, 4.69) is 15.6 Å². The molecule has 1 aliphatic heterocycles. The first-order valence-corrected chi connectivity index (χ1v) is 5.47. The van der Waals surface area contributed by atoms with Crippen LogP contribution >= 0.6 is 0 Å². The molecule has 3 N–H and O–H groups in total. The van der Waals surface area contributed by atoms with Crippen LogP contribution in [-0.4, -0.2) is 42.1 Å². The number of amides is 1. The second-order valence-electron chi connectivity index (χ2n) is 4.23. The molecule has 1 amide bonds. The molecule has 90 valence electrons. The molecule has 1 aliphatic rings. The van der Waals surface area contributed by atoms with Crippen molar-refractivity contribution in [1.82, 2.24) is 10.6 Å². The van der Waals surface area contributed by atoms with Crippen molar-refractivity contribution in [2.45, 2.75) is 32.9 Å². The highest BCUT2D eigenvalue weighted by molar-refractivity contribution is 6.06. The summed E-state index contributed by atoms with van der Waals surface area (Å²) in [6.45, 7) is 6.33. The molecule has 0 fully saturated rings. The molecular formula is C11H19N3O2. The molecule has 0 unspecified atom stereocenters. The van der Waals surface area contributed by atoms with Gasteiger partial charge >= 0.3 is 0 Å². The zero-order valence-corrected chi connectivity index (χ0v) is 9.95. The van der Waals surface area contributed by atoms with Crippen LogP contribution in [0.25, 0.3) is 0 Å². The van der Waals surface area contributed by atoms with Gasteiger partial charge in [0.05, 0.1) is 12.6 Å². The Morgan fingerprint density at radius 2 is 2.25 bits per heavy atom. The molecule has 1 heterocycles. The van der Waals surface area contributed by atoms with Crippen LogP contribution in [0.1, 0.15) is 20.8 Å². The van der Waals surface area contributed by atoms with Gasteiger partial charge in [0.25, 0.3) is 0 Å². The summed E-state index contributed by atoms with van der Waals surface area (Å²) in [7, 11) is 0. The lowest BCUT2D eigenvalue weighted by Gasteiger charge is -2.07. The van der Waals surface area contributed by atoms with E-state index in [0.717, 1.165) is 5.84 Å². The van der Waals surface area contributed by atoms with E-state index in [0.29, 0.717) is 18.2 Å². The van der Waals surface area contributed by atoms with Gasteiger partial charge in [-0.05, 0) is 26.8 Å². The molecular weight excluding hydrogens is 206 g/mol. The van der Waals surface area contributed by atoms with Gasteiger partial charge in [-0.3, -0.25) is 9.79 Å². The van der Waals surface area contributed by atoms with E-state index in [4.69, 9.17) is 5.11 Å². The lowest BCUT2D eigenvalue weighted by Crippen LogP contribution is -2.32. The molecule has 0 aromatic heterocycles. The fraction of sp³-hybridized carbons (Fsp3) is 0.636. The summed E-state index contributed by atoms with van der Waals surface area (Å²) >= 11 is 0. The van der Waals surface area contributed by atoms with E-state index in [1.807, 2.05) is 13.8 Å². The molecule has 16 heavy (non-hydrogen) atoms. The van der Waals surface area contributed by atoms with E-state index in [1.165, 1.54) is 0 Å². The number of nitrogens with zero attached hydrogens (tertiary/aromatic N) is 1. The first-order valence-electron chi connectivity index (χ1n) is 5.47. The Bertz CT molecular complexity index is 319. The largest absolute Gasteiger partial charge is 0.392 e. The minimum atomic E-state index is -0.528. The standard InChI is InChI=1S/C11H19N3O2/c1-7(2)14-10-4-9(6-12-10)11(16)13-5-8(3)15/h4,7-8,15H,5-6H2,1-3H3,(H,12,14)(H,13,16)/t8-/m1/s1. The molecule has 0 saturated carbocycles. The van der Waals surface area contributed by atoms with Crippen LogP contribution in [0.5, 0.6) is 0 Å². The number of rotatable bonds is 4. The Morgan fingerprint density at radius 1 is 1.56 bits per heavy atom. The van der Waals surface area contributed by atoms with Gasteiger partial charge < -0.3 is 15.7 Å². The van der Waals surface area contributed by atoms with Crippen molar-refractivity contribution < 1.29 is 9.90 Å². The summed E-state index contributed by atoms with van der Waals surface area (Å²) in [6, 6.07) is 0.301. The van der Waals surface area contributed by atoms with Gasteiger partial charge in [0.1, 0.15) is 5.84 Å². The quantitative estimate of drug-likeness (QED) is 0.621. The topological polar surface area (TPSA) is 73.7 Å². The fourth-order valence-electron chi connectivity index (χ4n) is 1.30. The summed E-state index contributed by atoms with van der Waals surface area (Å²) < 4.78 is 0. The summed E-state index contributed by atoms with van der Waals surface area (Å²) in [6.07, 6.45) is 1.22. The second-order valence-corrected chi connectivity index (χ2v) is 4.23. The molecule has 1 rings (SSSR count). The molecule has 0 saturated heterocycles. The van der Waals surface area contributed by atoms with Crippen molar-refractivity contribution in [3.63, 3.8) is 0 Å². The zero-order chi connectivity index (χ0) is 12.1. The molecule has 0 spiro atoms. The molecule has 0 aliphatic carbocycles. The van der Waals surface area contributed by atoms with E-state index in [-0.39, 0.29) is 12.5 Å². The highest BCUT2D eigenvalue weighted by Crippen LogP contribution is 2.04. The lowest BCUT2D eigenvalue weighted by atomic mass is 10.2. The summed E-state index contributed by atoms with van der Waals surface area (Å²) in [4.78, 5) is 15.8. The van der Waals surface area contributed by atoms with Crippen molar-refractivity contribution in [3.05, 3.63) is 11.6 Å². The number of aliphatic hydroxyl groups is 1. The molecule has 1 atom stereocenters. The second kappa shape index (κ2) is 5.65. The summed E-state index contributed by atoms with van der Waals surface area (Å²) in [5.41, 5.74) is 0.629. The number of aliphatic hydroxyl groups excluding tert-OH is 1. The number of nitrogens with one attached hydrogen (secondary N) is 2. The maximum Gasteiger partial charge on any atom is 0.249 e. The minimum absolute atomic E-state index is 0.162. The average molecular weight is 225 g/mol. The molecule has 0 radical (unpaired) electrons. The number of carbonyl (C=O) groups excluding carboxylic acids is 1. The Morgan fingerprint density at radius 3 is 2.81 bits per heavy atom. The molecule has 0 bridgehead atoms. The Balaban J connectivity index is 2.43. The zero-order valence-electron chi connectivity index (χ0n) is 9.95. The van der Waals surface area contributed by atoms with Crippen molar-refractivity contribution in [3.8, 4) is 0 Å². The van der Waals surface area contributed by atoms with E-state index < -0.39 is 6.10 Å². The molecule has 0 aromatic carbocycles. The van der Waals surface area contributed by atoms with Crippen LogP contribution in [-0.2, 0) is 4.79 Å². The highest BCUT2D eigenvalue weighted by atomic mass is 16.3. The lowest BCUT2D eigenvalue weighted by molar-refractivity contribution is -0.117. The van der Waals surface area contributed by atoms with Crippen molar-refractivity contribution in [2.75, 3.05) is 13.1 Å². The van der Waals surface area contributed by atoms with Crippen molar-refractivity contribution >= 4 is 11.7 Å². The Kier molecular flexibility index (Phi) is 4.49. The first-order chi connectivity index (χ1) is 7.49. The monoisotopic (exact) mass is 225 g/mol. The van der Waals surface area contributed by atoms with Crippen LogP contribution in [0, 0.1) is 0 Å². The normalized spacial score (nSPS) is 16.8. The Labute approximate surface area is 95.6 Å². The first kappa shape index (κ1) is 12.7. The SMILES string of the molecule is CC(C)NC1=NCC(C(=O)NC[C@@H](C)O)=C1. The number of hydrogen-bond acceptors (Lipinski definition) is 4. The van der Waals surface area contributed by atoms with Crippen LogP contribution in [0.15, 0.2) is 16.6 Å². The number of carbonyl (C=O) groups is 1. The average Bonchev–Trinajstić information content (AvgIpc) is 2.61. The molecule has 0 aromatic rings. The van der Waals surface area contributed by atoms with E-state index in [1.54, 1.807) is 13.0 Å². The maximum absolute atomic E-state index is 11.6. The van der Waals surface area contributed by atoms with E-state index in [9.17, 15) is 4.79 Å².